The molecular weight excluding hydrogens is 176 g/mol. The van der Waals surface area contributed by atoms with Crippen LogP contribution in [-0.2, 0) is 4.74 Å². The van der Waals surface area contributed by atoms with Crippen molar-refractivity contribution in [2.24, 2.45) is 5.73 Å². The summed E-state index contributed by atoms with van der Waals surface area (Å²) in [5.41, 5.74) is 5.91. The lowest BCUT2D eigenvalue weighted by Gasteiger charge is -2.47. The molecule has 1 aliphatic rings. The van der Waals surface area contributed by atoms with Crippen LogP contribution in [0.3, 0.4) is 0 Å². The van der Waals surface area contributed by atoms with Crippen molar-refractivity contribution in [3.8, 4) is 0 Å². The third-order valence-corrected chi connectivity index (χ3v) is 3.22. The first-order chi connectivity index (χ1) is 6.51. The van der Waals surface area contributed by atoms with Crippen molar-refractivity contribution >= 4 is 0 Å². The molecule has 1 saturated heterocycles. The van der Waals surface area contributed by atoms with Crippen LogP contribution in [0.5, 0.6) is 0 Å². The average molecular weight is 200 g/mol. The zero-order valence-corrected chi connectivity index (χ0v) is 9.92. The number of hydrogen-bond donors (Lipinski definition) is 1. The molecule has 0 aromatic carbocycles. The predicted molar refractivity (Wildman–Crippen MR) is 59.3 cm³/mol. The van der Waals surface area contributed by atoms with Crippen molar-refractivity contribution in [1.82, 2.24) is 4.90 Å². The van der Waals surface area contributed by atoms with Gasteiger partial charge in [0.2, 0.25) is 0 Å². The van der Waals surface area contributed by atoms with Crippen LogP contribution in [0, 0.1) is 0 Å². The molecule has 3 nitrogen and oxygen atoms in total. The molecule has 1 rings (SSSR count). The molecule has 84 valence electrons. The molecule has 2 unspecified atom stereocenters. The maximum Gasteiger partial charge on any atom is 0.0675 e. The van der Waals surface area contributed by atoms with Gasteiger partial charge in [-0.05, 0) is 27.2 Å². The SMILES string of the molecule is CCC1COC(C)CN1C(C)(C)CN. The maximum absolute atomic E-state index is 5.82. The Morgan fingerprint density at radius 1 is 1.50 bits per heavy atom. The van der Waals surface area contributed by atoms with Crippen LogP contribution >= 0.6 is 0 Å². The quantitative estimate of drug-likeness (QED) is 0.744. The zero-order chi connectivity index (χ0) is 10.8. The summed E-state index contributed by atoms with van der Waals surface area (Å²) < 4.78 is 5.67. The molecule has 0 aliphatic carbocycles. The normalized spacial score (nSPS) is 30.6. The number of hydrogen-bond acceptors (Lipinski definition) is 3. The molecule has 0 saturated carbocycles. The largest absolute Gasteiger partial charge is 0.376 e. The Hall–Kier alpha value is -0.120. The van der Waals surface area contributed by atoms with Crippen molar-refractivity contribution < 1.29 is 4.74 Å². The molecule has 2 N–H and O–H groups in total. The molecule has 3 heteroatoms. The summed E-state index contributed by atoms with van der Waals surface area (Å²) >= 11 is 0. The molecule has 0 radical (unpaired) electrons. The Labute approximate surface area is 87.6 Å². The number of ether oxygens (including phenoxy) is 1. The topological polar surface area (TPSA) is 38.5 Å². The average Bonchev–Trinajstić information content (AvgIpc) is 2.18. The minimum atomic E-state index is 0.0959. The molecule has 0 bridgehead atoms. The van der Waals surface area contributed by atoms with Crippen LogP contribution in [0.1, 0.15) is 34.1 Å². The molecule has 0 aromatic heterocycles. The van der Waals surface area contributed by atoms with Gasteiger partial charge in [-0.3, -0.25) is 4.90 Å². The summed E-state index contributed by atoms with van der Waals surface area (Å²) in [5.74, 6) is 0. The van der Waals surface area contributed by atoms with Crippen LogP contribution in [0.2, 0.25) is 0 Å². The van der Waals surface area contributed by atoms with E-state index in [9.17, 15) is 0 Å². The van der Waals surface area contributed by atoms with Crippen molar-refractivity contribution in [3.63, 3.8) is 0 Å². The van der Waals surface area contributed by atoms with Crippen molar-refractivity contribution in [2.75, 3.05) is 19.7 Å². The molecular formula is C11H24N2O. The van der Waals surface area contributed by atoms with E-state index in [-0.39, 0.29) is 5.54 Å². The number of nitrogens with zero attached hydrogens (tertiary/aromatic N) is 1. The monoisotopic (exact) mass is 200 g/mol. The second-order valence-electron chi connectivity index (χ2n) is 4.87. The van der Waals surface area contributed by atoms with Crippen molar-refractivity contribution in [2.45, 2.75) is 51.8 Å². The molecule has 14 heavy (non-hydrogen) atoms. The van der Waals surface area contributed by atoms with Gasteiger partial charge in [-0.2, -0.15) is 0 Å². The Morgan fingerprint density at radius 2 is 2.14 bits per heavy atom. The van der Waals surface area contributed by atoms with E-state index in [1.807, 2.05) is 0 Å². The summed E-state index contributed by atoms with van der Waals surface area (Å²) in [6, 6.07) is 0.532. The highest BCUT2D eigenvalue weighted by molar-refractivity contribution is 4.90. The minimum absolute atomic E-state index is 0.0959. The summed E-state index contributed by atoms with van der Waals surface area (Å²) in [6.45, 7) is 11.3. The van der Waals surface area contributed by atoms with Crippen molar-refractivity contribution in [1.29, 1.82) is 0 Å². The van der Waals surface area contributed by atoms with E-state index < -0.39 is 0 Å². The van der Waals surface area contributed by atoms with E-state index in [4.69, 9.17) is 10.5 Å². The Balaban J connectivity index is 2.70. The van der Waals surface area contributed by atoms with Gasteiger partial charge in [0.1, 0.15) is 0 Å². The third-order valence-electron chi connectivity index (χ3n) is 3.22. The van der Waals surface area contributed by atoms with Crippen LogP contribution in [0.4, 0.5) is 0 Å². The number of morpholine rings is 1. The Bertz CT molecular complexity index is 182. The van der Waals surface area contributed by atoms with Gasteiger partial charge in [0, 0.05) is 24.7 Å². The van der Waals surface area contributed by atoms with Crippen LogP contribution < -0.4 is 5.73 Å². The van der Waals surface area contributed by atoms with E-state index in [2.05, 4.69) is 32.6 Å². The fourth-order valence-corrected chi connectivity index (χ4v) is 2.04. The number of rotatable bonds is 3. The fraction of sp³-hybridized carbons (Fsp3) is 1.00. The standard InChI is InChI=1S/C11H24N2O/c1-5-10-7-14-9(2)6-13(10)11(3,4)8-12/h9-10H,5-8,12H2,1-4H3. The van der Waals surface area contributed by atoms with E-state index in [1.165, 1.54) is 0 Å². The van der Waals surface area contributed by atoms with Crippen LogP contribution in [0.25, 0.3) is 0 Å². The highest BCUT2D eigenvalue weighted by Gasteiger charge is 2.35. The first kappa shape index (κ1) is 12.0. The van der Waals surface area contributed by atoms with Crippen LogP contribution in [-0.4, -0.2) is 42.3 Å². The third kappa shape index (κ3) is 2.47. The Morgan fingerprint density at radius 3 is 2.64 bits per heavy atom. The van der Waals surface area contributed by atoms with Gasteiger partial charge < -0.3 is 10.5 Å². The van der Waals surface area contributed by atoms with Gasteiger partial charge in [-0.25, -0.2) is 0 Å². The van der Waals surface area contributed by atoms with Crippen molar-refractivity contribution in [3.05, 3.63) is 0 Å². The first-order valence-corrected chi connectivity index (χ1v) is 5.59. The second kappa shape index (κ2) is 4.60. The molecule has 1 aliphatic heterocycles. The lowest BCUT2D eigenvalue weighted by molar-refractivity contribution is -0.0902. The predicted octanol–water partition coefficient (Wildman–Crippen LogP) is 1.22. The minimum Gasteiger partial charge on any atom is -0.376 e. The van der Waals surface area contributed by atoms with E-state index in [1.54, 1.807) is 0 Å². The van der Waals surface area contributed by atoms with Gasteiger partial charge in [0.05, 0.1) is 12.7 Å². The summed E-state index contributed by atoms with van der Waals surface area (Å²) in [4.78, 5) is 2.50. The lowest BCUT2D eigenvalue weighted by atomic mass is 9.97. The molecule has 0 amide bonds. The van der Waals surface area contributed by atoms with E-state index in [0.717, 1.165) is 19.6 Å². The molecule has 1 fully saturated rings. The molecule has 0 aromatic rings. The fourth-order valence-electron chi connectivity index (χ4n) is 2.04. The highest BCUT2D eigenvalue weighted by atomic mass is 16.5. The maximum atomic E-state index is 5.82. The summed E-state index contributed by atoms with van der Waals surface area (Å²) in [5, 5.41) is 0. The molecule has 2 atom stereocenters. The second-order valence-corrected chi connectivity index (χ2v) is 4.87. The smallest absolute Gasteiger partial charge is 0.0675 e. The highest BCUT2D eigenvalue weighted by Crippen LogP contribution is 2.23. The first-order valence-electron chi connectivity index (χ1n) is 5.59. The molecule has 0 spiro atoms. The van der Waals surface area contributed by atoms with Gasteiger partial charge in [-0.15, -0.1) is 0 Å². The number of nitrogens with two attached hydrogens (primary N) is 1. The van der Waals surface area contributed by atoms with Crippen LogP contribution in [0.15, 0.2) is 0 Å². The summed E-state index contributed by atoms with van der Waals surface area (Å²) in [6.07, 6.45) is 1.47. The summed E-state index contributed by atoms with van der Waals surface area (Å²) in [7, 11) is 0. The Kier molecular flexibility index (Phi) is 3.93. The lowest BCUT2D eigenvalue weighted by Crippen LogP contribution is -2.60. The van der Waals surface area contributed by atoms with E-state index in [0.29, 0.717) is 18.7 Å². The van der Waals surface area contributed by atoms with Gasteiger partial charge >= 0.3 is 0 Å². The van der Waals surface area contributed by atoms with Gasteiger partial charge in [0.25, 0.3) is 0 Å². The van der Waals surface area contributed by atoms with E-state index >= 15 is 0 Å². The van der Waals surface area contributed by atoms with Gasteiger partial charge in [0.15, 0.2) is 0 Å². The molecule has 1 heterocycles. The van der Waals surface area contributed by atoms with Gasteiger partial charge in [-0.1, -0.05) is 6.92 Å². The zero-order valence-electron chi connectivity index (χ0n) is 9.92.